The molecule has 5 heteroatoms. The molecule has 1 aliphatic carbocycles. The van der Waals surface area contributed by atoms with Crippen molar-refractivity contribution < 1.29 is 9.59 Å². The molecule has 134 valence electrons. The molecule has 4 nitrogen and oxygen atoms in total. The van der Waals surface area contributed by atoms with Crippen LogP contribution in [0, 0.1) is 5.41 Å². The highest BCUT2D eigenvalue weighted by Crippen LogP contribution is 2.57. The SMILES string of the molecule is O=C(NN1C(=O)C2(CCCCC2)[C@@H]1c1ccc(Br)cc1)c1ccccc1. The van der Waals surface area contributed by atoms with E-state index in [1.54, 1.807) is 17.1 Å². The highest BCUT2D eigenvalue weighted by atomic mass is 79.9. The zero-order valence-corrected chi connectivity index (χ0v) is 16.0. The predicted molar refractivity (Wildman–Crippen MR) is 103 cm³/mol. The van der Waals surface area contributed by atoms with Crippen LogP contribution in [0.3, 0.4) is 0 Å². The summed E-state index contributed by atoms with van der Waals surface area (Å²) in [5, 5.41) is 1.55. The van der Waals surface area contributed by atoms with Gasteiger partial charge in [-0.1, -0.05) is 65.5 Å². The summed E-state index contributed by atoms with van der Waals surface area (Å²) in [6, 6.07) is 17.0. The van der Waals surface area contributed by atoms with E-state index < -0.39 is 0 Å². The van der Waals surface area contributed by atoms with E-state index in [2.05, 4.69) is 21.4 Å². The van der Waals surface area contributed by atoms with Crippen molar-refractivity contribution in [3.8, 4) is 0 Å². The van der Waals surface area contributed by atoms with Crippen LogP contribution in [0.2, 0.25) is 0 Å². The first-order valence-corrected chi connectivity index (χ1v) is 9.86. The Morgan fingerprint density at radius 3 is 2.31 bits per heavy atom. The Kier molecular flexibility index (Phi) is 4.57. The largest absolute Gasteiger partial charge is 0.272 e. The van der Waals surface area contributed by atoms with Gasteiger partial charge in [0, 0.05) is 10.0 Å². The second kappa shape index (κ2) is 6.88. The molecule has 1 atom stereocenters. The van der Waals surface area contributed by atoms with Crippen LogP contribution in [0.5, 0.6) is 0 Å². The second-order valence-corrected chi connectivity index (χ2v) is 8.07. The predicted octanol–water partition coefficient (Wildman–Crippen LogP) is 4.63. The van der Waals surface area contributed by atoms with Crippen LogP contribution < -0.4 is 5.43 Å². The Balaban J connectivity index is 1.63. The lowest BCUT2D eigenvalue weighted by Crippen LogP contribution is -2.69. The minimum Gasteiger partial charge on any atom is -0.272 e. The van der Waals surface area contributed by atoms with Gasteiger partial charge in [0.2, 0.25) is 5.91 Å². The number of hydrazine groups is 1. The van der Waals surface area contributed by atoms with Crippen molar-refractivity contribution in [3.63, 3.8) is 0 Å². The molecule has 1 saturated carbocycles. The molecule has 2 aliphatic rings. The van der Waals surface area contributed by atoms with Crippen molar-refractivity contribution in [2.24, 2.45) is 5.41 Å². The molecule has 2 aromatic rings. The first-order valence-electron chi connectivity index (χ1n) is 9.07. The van der Waals surface area contributed by atoms with Gasteiger partial charge in [0.25, 0.3) is 5.91 Å². The minimum atomic E-state index is -0.365. The molecule has 0 radical (unpaired) electrons. The van der Waals surface area contributed by atoms with Crippen molar-refractivity contribution in [2.75, 3.05) is 0 Å². The zero-order chi connectivity index (χ0) is 18.1. The summed E-state index contributed by atoms with van der Waals surface area (Å²) in [4.78, 5) is 25.6. The smallest absolute Gasteiger partial charge is 0.269 e. The van der Waals surface area contributed by atoms with E-state index in [1.807, 2.05) is 42.5 Å². The van der Waals surface area contributed by atoms with Crippen LogP contribution in [0.4, 0.5) is 0 Å². The number of carbonyl (C=O) groups is 2. The molecule has 2 aromatic carbocycles. The zero-order valence-electron chi connectivity index (χ0n) is 14.5. The van der Waals surface area contributed by atoms with Crippen molar-refractivity contribution in [2.45, 2.75) is 38.1 Å². The topological polar surface area (TPSA) is 49.4 Å². The standard InChI is InChI=1S/C21H21BrN2O2/c22-17-11-9-15(10-12-17)18-21(13-5-2-6-14-21)20(26)24(18)23-19(25)16-7-3-1-4-8-16/h1,3-4,7-12,18H,2,5-6,13-14H2,(H,23,25)/t18-/m0/s1. The maximum absolute atomic E-state index is 13.1. The van der Waals surface area contributed by atoms with Crippen LogP contribution in [-0.4, -0.2) is 16.8 Å². The number of hydrogen-bond acceptors (Lipinski definition) is 2. The molecule has 1 N–H and O–H groups in total. The van der Waals surface area contributed by atoms with Gasteiger partial charge in [0.1, 0.15) is 0 Å². The highest BCUT2D eigenvalue weighted by molar-refractivity contribution is 9.10. The van der Waals surface area contributed by atoms with Gasteiger partial charge in [0.15, 0.2) is 0 Å². The molecule has 26 heavy (non-hydrogen) atoms. The van der Waals surface area contributed by atoms with Crippen LogP contribution in [0.15, 0.2) is 59.1 Å². The monoisotopic (exact) mass is 412 g/mol. The Morgan fingerprint density at radius 1 is 1.00 bits per heavy atom. The minimum absolute atomic E-state index is 0.0504. The summed E-state index contributed by atoms with van der Waals surface area (Å²) >= 11 is 3.47. The lowest BCUT2D eigenvalue weighted by molar-refractivity contribution is -0.184. The van der Waals surface area contributed by atoms with Gasteiger partial charge in [-0.05, 0) is 42.7 Å². The fourth-order valence-corrected chi connectivity index (χ4v) is 4.58. The van der Waals surface area contributed by atoms with Crippen LogP contribution in [0.1, 0.15) is 54.1 Å². The number of hydrogen-bond donors (Lipinski definition) is 1. The Morgan fingerprint density at radius 2 is 1.65 bits per heavy atom. The molecule has 2 fully saturated rings. The van der Waals surface area contributed by atoms with Crippen molar-refractivity contribution in [1.29, 1.82) is 0 Å². The number of β-lactam (4-membered cyclic amide) rings is 1. The second-order valence-electron chi connectivity index (χ2n) is 7.15. The summed E-state index contributed by atoms with van der Waals surface area (Å²) in [6.07, 6.45) is 5.10. The molecule has 1 heterocycles. The summed E-state index contributed by atoms with van der Waals surface area (Å²) in [5.41, 5.74) is 4.11. The van der Waals surface area contributed by atoms with Crippen LogP contribution in [-0.2, 0) is 4.79 Å². The van der Waals surface area contributed by atoms with E-state index in [4.69, 9.17) is 0 Å². The molecule has 0 unspecified atom stereocenters. The van der Waals surface area contributed by atoms with Gasteiger partial charge in [-0.3, -0.25) is 15.0 Å². The fourth-order valence-electron chi connectivity index (χ4n) is 4.32. The molecule has 0 aromatic heterocycles. The third kappa shape index (κ3) is 2.84. The lowest BCUT2D eigenvalue weighted by Gasteiger charge is -2.57. The van der Waals surface area contributed by atoms with Crippen LogP contribution >= 0.6 is 15.9 Å². The summed E-state index contributed by atoms with van der Waals surface area (Å²) in [7, 11) is 0. The van der Waals surface area contributed by atoms with Crippen molar-refractivity contribution >= 4 is 27.7 Å². The van der Waals surface area contributed by atoms with E-state index in [0.717, 1.165) is 35.7 Å². The van der Waals surface area contributed by atoms with Gasteiger partial charge in [-0.25, -0.2) is 5.01 Å². The van der Waals surface area contributed by atoms with Crippen LogP contribution in [0.25, 0.3) is 0 Å². The normalized spacial score (nSPS) is 21.3. The summed E-state index contributed by atoms with van der Waals surface area (Å²) in [5.74, 6) is -0.193. The summed E-state index contributed by atoms with van der Waals surface area (Å²) < 4.78 is 1.00. The van der Waals surface area contributed by atoms with E-state index in [9.17, 15) is 9.59 Å². The molecule has 2 amide bonds. The number of amides is 2. The third-order valence-electron chi connectivity index (χ3n) is 5.62. The number of nitrogens with zero attached hydrogens (tertiary/aromatic N) is 1. The molecule has 1 aliphatic heterocycles. The number of nitrogens with one attached hydrogen (secondary N) is 1. The maximum Gasteiger partial charge on any atom is 0.269 e. The number of carbonyl (C=O) groups excluding carboxylic acids is 2. The quantitative estimate of drug-likeness (QED) is 0.747. The van der Waals surface area contributed by atoms with Crippen molar-refractivity contribution in [3.05, 3.63) is 70.2 Å². The molecule has 1 spiro atoms. The maximum atomic E-state index is 13.1. The number of rotatable bonds is 3. The van der Waals surface area contributed by atoms with Gasteiger partial charge >= 0.3 is 0 Å². The Hall–Kier alpha value is -2.14. The first kappa shape index (κ1) is 17.3. The summed E-state index contributed by atoms with van der Waals surface area (Å²) in [6.45, 7) is 0. The average Bonchev–Trinajstić information content (AvgIpc) is 2.70. The molecular formula is C21H21BrN2O2. The molecule has 4 rings (SSSR count). The van der Waals surface area contributed by atoms with E-state index in [0.29, 0.717) is 5.56 Å². The third-order valence-corrected chi connectivity index (χ3v) is 6.14. The average molecular weight is 413 g/mol. The Labute approximate surface area is 161 Å². The Bertz CT molecular complexity index is 814. The lowest BCUT2D eigenvalue weighted by atomic mass is 9.61. The first-order chi connectivity index (χ1) is 12.6. The fraction of sp³-hybridized carbons (Fsp3) is 0.333. The highest BCUT2D eigenvalue weighted by Gasteiger charge is 2.61. The van der Waals surface area contributed by atoms with Crippen molar-refractivity contribution in [1.82, 2.24) is 10.4 Å². The van der Waals surface area contributed by atoms with E-state index in [1.165, 1.54) is 6.42 Å². The van der Waals surface area contributed by atoms with Gasteiger partial charge < -0.3 is 0 Å². The molecule has 1 saturated heterocycles. The van der Waals surface area contributed by atoms with Gasteiger partial charge in [-0.15, -0.1) is 0 Å². The number of halogens is 1. The molecule has 0 bridgehead atoms. The van der Waals surface area contributed by atoms with E-state index in [-0.39, 0.29) is 23.3 Å². The van der Waals surface area contributed by atoms with E-state index >= 15 is 0 Å². The van der Waals surface area contributed by atoms with Gasteiger partial charge in [0.05, 0.1) is 11.5 Å². The number of benzene rings is 2. The molecular weight excluding hydrogens is 392 g/mol. The van der Waals surface area contributed by atoms with Gasteiger partial charge in [-0.2, -0.15) is 0 Å².